The van der Waals surface area contributed by atoms with Crippen LogP contribution in [-0.2, 0) is 6.54 Å². The van der Waals surface area contributed by atoms with Crippen molar-refractivity contribution in [3.63, 3.8) is 0 Å². The van der Waals surface area contributed by atoms with Crippen molar-refractivity contribution in [3.8, 4) is 5.75 Å². The molecule has 0 aliphatic heterocycles. The molecule has 2 aromatic rings. The molecule has 0 saturated heterocycles. The van der Waals surface area contributed by atoms with E-state index in [2.05, 4.69) is 5.32 Å². The molecule has 3 nitrogen and oxygen atoms in total. The molecule has 0 unspecified atom stereocenters. The third-order valence-electron chi connectivity index (χ3n) is 2.49. The molecule has 0 fully saturated rings. The first kappa shape index (κ1) is 10.8. The molecule has 0 aliphatic carbocycles. The number of rotatable bonds is 4. The number of hydrogen-bond acceptors (Lipinski definition) is 3. The van der Waals surface area contributed by atoms with Gasteiger partial charge in [-0.3, -0.25) is 0 Å². The van der Waals surface area contributed by atoms with Gasteiger partial charge in [0.15, 0.2) is 0 Å². The second kappa shape index (κ2) is 4.86. The highest BCUT2D eigenvalue weighted by molar-refractivity contribution is 5.27. The Kier molecular flexibility index (Phi) is 3.27. The van der Waals surface area contributed by atoms with Crippen molar-refractivity contribution in [2.24, 2.45) is 0 Å². The zero-order valence-electron chi connectivity index (χ0n) is 9.18. The lowest BCUT2D eigenvalue weighted by Gasteiger charge is -2.11. The van der Waals surface area contributed by atoms with E-state index in [0.717, 1.165) is 11.3 Å². The minimum absolute atomic E-state index is 0.164. The van der Waals surface area contributed by atoms with Crippen molar-refractivity contribution in [2.75, 3.05) is 0 Å². The summed E-state index contributed by atoms with van der Waals surface area (Å²) in [5.74, 6) is 1.21. The maximum Gasteiger partial charge on any atom is 0.120 e. The first-order valence-electron chi connectivity index (χ1n) is 5.30. The van der Waals surface area contributed by atoms with Crippen LogP contribution in [0.1, 0.15) is 24.3 Å². The van der Waals surface area contributed by atoms with E-state index in [-0.39, 0.29) is 6.04 Å². The number of phenols is 1. The Hall–Kier alpha value is -1.74. The molecule has 16 heavy (non-hydrogen) atoms. The van der Waals surface area contributed by atoms with Crippen LogP contribution in [0.2, 0.25) is 0 Å². The summed E-state index contributed by atoms with van der Waals surface area (Å²) in [5.41, 5.74) is 1.05. The summed E-state index contributed by atoms with van der Waals surface area (Å²) in [6, 6.07) is 11.2. The lowest BCUT2D eigenvalue weighted by molar-refractivity contribution is 0.429. The van der Waals surface area contributed by atoms with Crippen LogP contribution >= 0.6 is 0 Å². The van der Waals surface area contributed by atoms with Gasteiger partial charge < -0.3 is 14.8 Å². The molecular weight excluding hydrogens is 202 g/mol. The van der Waals surface area contributed by atoms with Gasteiger partial charge in [-0.05, 0) is 36.8 Å². The van der Waals surface area contributed by atoms with Gasteiger partial charge in [0.1, 0.15) is 11.5 Å². The van der Waals surface area contributed by atoms with E-state index in [1.165, 1.54) is 0 Å². The van der Waals surface area contributed by atoms with Gasteiger partial charge in [0.05, 0.1) is 12.3 Å². The number of hydrogen-bond donors (Lipinski definition) is 2. The van der Waals surface area contributed by atoms with Gasteiger partial charge in [0.2, 0.25) is 0 Å². The predicted molar refractivity (Wildman–Crippen MR) is 62.1 cm³/mol. The third kappa shape index (κ3) is 2.64. The summed E-state index contributed by atoms with van der Waals surface area (Å²) < 4.78 is 5.30. The van der Waals surface area contributed by atoms with E-state index in [4.69, 9.17) is 4.42 Å². The Morgan fingerprint density at radius 3 is 2.88 bits per heavy atom. The molecule has 0 bridgehead atoms. The molecule has 0 saturated carbocycles. The van der Waals surface area contributed by atoms with Crippen LogP contribution in [0.3, 0.4) is 0 Å². The second-order valence-electron chi connectivity index (χ2n) is 3.79. The van der Waals surface area contributed by atoms with Crippen molar-refractivity contribution in [3.05, 3.63) is 54.0 Å². The monoisotopic (exact) mass is 217 g/mol. The van der Waals surface area contributed by atoms with Crippen molar-refractivity contribution < 1.29 is 9.52 Å². The molecule has 2 rings (SSSR count). The number of benzene rings is 1. The topological polar surface area (TPSA) is 45.4 Å². The Bertz CT molecular complexity index is 437. The molecule has 1 heterocycles. The molecule has 1 aromatic heterocycles. The van der Waals surface area contributed by atoms with Gasteiger partial charge in [0.25, 0.3) is 0 Å². The van der Waals surface area contributed by atoms with Crippen LogP contribution in [0.5, 0.6) is 5.75 Å². The van der Waals surface area contributed by atoms with E-state index in [1.54, 1.807) is 18.4 Å². The van der Waals surface area contributed by atoms with Crippen molar-refractivity contribution in [2.45, 2.75) is 19.5 Å². The summed E-state index contributed by atoms with van der Waals surface area (Å²) in [6.07, 6.45) is 1.67. The highest BCUT2D eigenvalue weighted by Gasteiger charge is 2.06. The van der Waals surface area contributed by atoms with Crippen molar-refractivity contribution in [1.29, 1.82) is 0 Å². The first-order valence-corrected chi connectivity index (χ1v) is 5.30. The predicted octanol–water partition coefficient (Wildman–Crippen LogP) is 2.84. The molecule has 0 radical (unpaired) electrons. The largest absolute Gasteiger partial charge is 0.508 e. The average Bonchev–Trinajstić information content (AvgIpc) is 2.79. The fraction of sp³-hybridized carbons (Fsp3) is 0.231. The highest BCUT2D eigenvalue weighted by Crippen LogP contribution is 2.15. The van der Waals surface area contributed by atoms with E-state index < -0.39 is 0 Å². The Morgan fingerprint density at radius 1 is 1.31 bits per heavy atom. The van der Waals surface area contributed by atoms with Gasteiger partial charge in [-0.15, -0.1) is 0 Å². The molecule has 1 atom stereocenters. The van der Waals surface area contributed by atoms with Crippen LogP contribution in [-0.4, -0.2) is 5.11 Å². The van der Waals surface area contributed by atoms with Gasteiger partial charge in [-0.2, -0.15) is 0 Å². The molecule has 0 amide bonds. The number of phenolic OH excluding ortho intramolecular Hbond substituents is 1. The molecule has 3 heteroatoms. The molecule has 84 valence electrons. The second-order valence-corrected chi connectivity index (χ2v) is 3.79. The molecule has 0 spiro atoms. The summed E-state index contributed by atoms with van der Waals surface area (Å²) in [6.45, 7) is 2.75. The Labute approximate surface area is 94.7 Å². The molecule has 1 aromatic carbocycles. The number of nitrogens with one attached hydrogen (secondary N) is 1. The lowest BCUT2D eigenvalue weighted by atomic mass is 10.2. The highest BCUT2D eigenvalue weighted by atomic mass is 16.3. The smallest absolute Gasteiger partial charge is 0.120 e. The van der Waals surface area contributed by atoms with Gasteiger partial charge in [0, 0.05) is 6.54 Å². The zero-order chi connectivity index (χ0) is 11.4. The maximum absolute atomic E-state index is 9.32. The quantitative estimate of drug-likeness (QED) is 0.827. The zero-order valence-corrected chi connectivity index (χ0v) is 9.18. The minimum Gasteiger partial charge on any atom is -0.508 e. The Morgan fingerprint density at radius 2 is 2.19 bits per heavy atom. The van der Waals surface area contributed by atoms with Crippen LogP contribution in [0.25, 0.3) is 0 Å². The lowest BCUT2D eigenvalue weighted by Crippen LogP contribution is -2.17. The maximum atomic E-state index is 9.32. The fourth-order valence-electron chi connectivity index (χ4n) is 1.58. The number of aromatic hydroxyl groups is 1. The van der Waals surface area contributed by atoms with Crippen LogP contribution in [0.4, 0.5) is 0 Å². The standard InChI is InChI=1S/C13H15NO2/c1-10(13-6-3-7-16-13)14-9-11-4-2-5-12(15)8-11/h2-8,10,14-15H,9H2,1H3/t10-/m0/s1. The summed E-state index contributed by atoms with van der Waals surface area (Å²) >= 11 is 0. The van der Waals surface area contributed by atoms with E-state index in [0.29, 0.717) is 12.3 Å². The summed E-state index contributed by atoms with van der Waals surface area (Å²) in [5, 5.41) is 12.6. The average molecular weight is 217 g/mol. The van der Waals surface area contributed by atoms with E-state index >= 15 is 0 Å². The van der Waals surface area contributed by atoms with Crippen LogP contribution < -0.4 is 5.32 Å². The molecule has 2 N–H and O–H groups in total. The molecular formula is C13H15NO2. The van der Waals surface area contributed by atoms with Gasteiger partial charge in [-0.25, -0.2) is 0 Å². The van der Waals surface area contributed by atoms with E-state index in [1.807, 2.05) is 31.2 Å². The SMILES string of the molecule is C[C@H](NCc1cccc(O)c1)c1ccco1. The molecule has 0 aliphatic rings. The summed E-state index contributed by atoms with van der Waals surface area (Å²) in [7, 11) is 0. The van der Waals surface area contributed by atoms with Crippen LogP contribution in [0, 0.1) is 0 Å². The minimum atomic E-state index is 0.164. The van der Waals surface area contributed by atoms with E-state index in [9.17, 15) is 5.11 Å². The van der Waals surface area contributed by atoms with Gasteiger partial charge in [-0.1, -0.05) is 12.1 Å². The fourth-order valence-corrected chi connectivity index (χ4v) is 1.58. The van der Waals surface area contributed by atoms with Crippen molar-refractivity contribution in [1.82, 2.24) is 5.32 Å². The van der Waals surface area contributed by atoms with Crippen LogP contribution in [0.15, 0.2) is 47.1 Å². The number of furan rings is 1. The Balaban J connectivity index is 1.92. The third-order valence-corrected chi connectivity index (χ3v) is 2.49. The van der Waals surface area contributed by atoms with Crippen molar-refractivity contribution >= 4 is 0 Å². The summed E-state index contributed by atoms with van der Waals surface area (Å²) in [4.78, 5) is 0. The first-order chi connectivity index (χ1) is 7.75. The normalized spacial score (nSPS) is 12.6. The van der Waals surface area contributed by atoms with Gasteiger partial charge >= 0.3 is 0 Å².